The first-order valence-electron chi connectivity index (χ1n) is 9.38. The molecule has 0 radical (unpaired) electrons. The van der Waals surface area contributed by atoms with E-state index in [4.69, 9.17) is 4.74 Å². The fraction of sp³-hybridized carbons (Fsp3) is 0.611. The number of pyridine rings is 1. The predicted octanol–water partition coefficient (Wildman–Crippen LogP) is 3.63. The summed E-state index contributed by atoms with van der Waals surface area (Å²) in [5.74, 6) is -0.00541. The van der Waals surface area contributed by atoms with Gasteiger partial charge in [-0.1, -0.05) is 24.9 Å². The highest BCUT2D eigenvalue weighted by Gasteiger charge is 2.33. The van der Waals surface area contributed by atoms with Crippen LogP contribution in [0.1, 0.15) is 38.2 Å². The summed E-state index contributed by atoms with van der Waals surface area (Å²) in [5, 5.41) is 8.40. The fourth-order valence-electron chi connectivity index (χ4n) is 2.38. The Kier molecular flexibility index (Phi) is 7.59. The maximum Gasteiger partial charge on any atom is 0.422 e. The number of hydrogen-bond donors (Lipinski definition) is 1. The highest BCUT2D eigenvalue weighted by Crippen LogP contribution is 2.25. The van der Waals surface area contributed by atoms with Gasteiger partial charge < -0.3 is 9.29 Å². The molecule has 0 fully saturated rings. The van der Waals surface area contributed by atoms with Crippen molar-refractivity contribution in [2.24, 2.45) is 0 Å². The lowest BCUT2D eigenvalue weighted by Crippen LogP contribution is -2.42. The van der Waals surface area contributed by atoms with Gasteiger partial charge in [0.2, 0.25) is 0 Å². The molecule has 0 unspecified atom stereocenters. The Morgan fingerprint density at radius 1 is 1.20 bits per heavy atom. The zero-order chi connectivity index (χ0) is 22.7. The van der Waals surface area contributed by atoms with E-state index in [9.17, 15) is 17.7 Å². The molecule has 12 heteroatoms. The Morgan fingerprint density at radius 3 is 2.37 bits per heavy atom. The molecule has 168 valence electrons. The van der Waals surface area contributed by atoms with Crippen LogP contribution in [-0.4, -0.2) is 50.1 Å². The quantitative estimate of drug-likeness (QED) is 0.475. The van der Waals surface area contributed by atoms with Gasteiger partial charge in [0.15, 0.2) is 6.61 Å². The number of aromatic nitrogens is 4. The van der Waals surface area contributed by atoms with Crippen LogP contribution in [0.3, 0.4) is 0 Å². The lowest BCUT2D eigenvalue weighted by atomic mass is 10.1. The standard InChI is InChI=1S/C18H28F3N5O2SSi/c1-17(2,3)29(27)24-16(15-10-26(25-23-15)12-30(4,5)6)14-8-7-13(9-22-14)28-11-18(19,20)21/h7-10,16,24H,11-12H2,1-6H3/t16-,29+/m0/s1. The van der Waals surface area contributed by atoms with Gasteiger partial charge >= 0.3 is 6.18 Å². The minimum Gasteiger partial charge on any atom is -0.598 e. The number of rotatable bonds is 8. The topological polar surface area (TPSA) is 87.9 Å². The highest BCUT2D eigenvalue weighted by atomic mass is 32.2. The Balaban J connectivity index is 2.28. The number of nitrogens with one attached hydrogen (secondary N) is 1. The molecule has 7 nitrogen and oxygen atoms in total. The molecule has 0 aliphatic heterocycles. The molecule has 0 aliphatic carbocycles. The van der Waals surface area contributed by atoms with Crippen LogP contribution in [0.15, 0.2) is 24.5 Å². The second kappa shape index (κ2) is 9.24. The molecule has 1 N–H and O–H groups in total. The summed E-state index contributed by atoms with van der Waals surface area (Å²) in [6.07, 6.45) is -0.665. The van der Waals surface area contributed by atoms with Crippen molar-refractivity contribution in [1.82, 2.24) is 24.7 Å². The normalized spacial score (nSPS) is 15.1. The summed E-state index contributed by atoms with van der Waals surface area (Å²) in [7, 11) is -1.44. The van der Waals surface area contributed by atoms with Crippen LogP contribution in [0.5, 0.6) is 5.75 Å². The first-order valence-corrected chi connectivity index (χ1v) is 14.2. The molecule has 2 atom stereocenters. The second-order valence-corrected chi connectivity index (χ2v) is 16.6. The van der Waals surface area contributed by atoms with E-state index >= 15 is 0 Å². The van der Waals surface area contributed by atoms with Crippen molar-refractivity contribution < 1.29 is 22.5 Å². The van der Waals surface area contributed by atoms with Crippen molar-refractivity contribution in [3.8, 4) is 5.75 Å². The van der Waals surface area contributed by atoms with Crippen molar-refractivity contribution in [2.45, 2.75) is 63.5 Å². The Hall–Kier alpha value is -1.63. The Morgan fingerprint density at radius 2 is 1.87 bits per heavy atom. The van der Waals surface area contributed by atoms with Crippen molar-refractivity contribution in [2.75, 3.05) is 6.61 Å². The van der Waals surface area contributed by atoms with Crippen LogP contribution in [0.25, 0.3) is 0 Å². The molecule has 0 saturated carbocycles. The van der Waals surface area contributed by atoms with E-state index in [0.717, 1.165) is 6.17 Å². The average Bonchev–Trinajstić information content (AvgIpc) is 3.03. The van der Waals surface area contributed by atoms with Gasteiger partial charge in [0, 0.05) is 17.5 Å². The Labute approximate surface area is 178 Å². The number of hydrogen-bond acceptors (Lipinski definition) is 6. The lowest BCUT2D eigenvalue weighted by Gasteiger charge is -2.27. The lowest BCUT2D eigenvalue weighted by molar-refractivity contribution is -0.153. The van der Waals surface area contributed by atoms with Crippen molar-refractivity contribution >= 4 is 19.4 Å². The summed E-state index contributed by atoms with van der Waals surface area (Å²) >= 11 is -1.44. The van der Waals surface area contributed by atoms with Gasteiger partial charge in [-0.15, -0.1) is 9.82 Å². The van der Waals surface area contributed by atoms with Crippen molar-refractivity contribution in [1.29, 1.82) is 0 Å². The van der Waals surface area contributed by atoms with E-state index in [1.54, 1.807) is 10.9 Å². The van der Waals surface area contributed by atoms with Gasteiger partial charge in [0.25, 0.3) is 0 Å². The summed E-state index contributed by atoms with van der Waals surface area (Å²) in [6.45, 7) is 10.7. The zero-order valence-corrected chi connectivity index (χ0v) is 19.8. The van der Waals surface area contributed by atoms with E-state index in [1.807, 2.05) is 20.8 Å². The van der Waals surface area contributed by atoms with E-state index in [2.05, 4.69) is 39.7 Å². The van der Waals surface area contributed by atoms with Gasteiger partial charge in [-0.25, -0.2) is 0 Å². The van der Waals surface area contributed by atoms with Gasteiger partial charge in [-0.05, 0) is 32.9 Å². The summed E-state index contributed by atoms with van der Waals surface area (Å²) in [5.41, 5.74) is 0.981. The maximum atomic E-state index is 12.7. The molecule has 30 heavy (non-hydrogen) atoms. The van der Waals surface area contributed by atoms with Crippen LogP contribution in [0, 0.1) is 0 Å². The van der Waals surface area contributed by atoms with Crippen molar-refractivity contribution in [3.63, 3.8) is 0 Å². The molecule has 0 amide bonds. The first kappa shape index (κ1) is 24.6. The third-order valence-electron chi connectivity index (χ3n) is 3.73. The number of alkyl halides is 3. The van der Waals surface area contributed by atoms with Crippen LogP contribution < -0.4 is 9.46 Å². The third-order valence-corrected chi connectivity index (χ3v) is 6.56. The molecule has 2 aromatic heterocycles. The van der Waals surface area contributed by atoms with Gasteiger partial charge in [0.05, 0.1) is 26.2 Å². The number of ether oxygens (including phenoxy) is 1. The number of nitrogens with zero attached hydrogens (tertiary/aromatic N) is 4. The molecule has 0 bridgehead atoms. The first-order chi connectivity index (χ1) is 13.6. The highest BCUT2D eigenvalue weighted by molar-refractivity contribution is 7.90. The largest absolute Gasteiger partial charge is 0.598 e. The monoisotopic (exact) mass is 463 g/mol. The smallest absolute Gasteiger partial charge is 0.422 e. The van der Waals surface area contributed by atoms with Crippen LogP contribution in [-0.2, 0) is 17.5 Å². The minimum absolute atomic E-state index is 0.00541. The van der Waals surface area contributed by atoms with Gasteiger partial charge in [-0.2, -0.15) is 13.2 Å². The molecule has 2 rings (SSSR count). The predicted molar refractivity (Wildman–Crippen MR) is 112 cm³/mol. The van der Waals surface area contributed by atoms with Gasteiger partial charge in [0.1, 0.15) is 22.2 Å². The van der Waals surface area contributed by atoms with E-state index < -0.39 is 43.0 Å². The minimum atomic E-state index is -4.43. The zero-order valence-electron chi connectivity index (χ0n) is 17.9. The molecular formula is C18H28F3N5O2SSi. The average molecular weight is 464 g/mol. The van der Waals surface area contributed by atoms with E-state index in [-0.39, 0.29) is 5.75 Å². The van der Waals surface area contributed by atoms with Crippen LogP contribution in [0.4, 0.5) is 13.2 Å². The summed E-state index contributed by atoms with van der Waals surface area (Å²) in [4.78, 5) is 4.22. The second-order valence-electron chi connectivity index (χ2n) is 9.16. The third kappa shape index (κ3) is 7.89. The van der Waals surface area contributed by atoms with Crippen molar-refractivity contribution in [3.05, 3.63) is 35.9 Å². The molecule has 2 heterocycles. The maximum absolute atomic E-state index is 12.7. The molecule has 0 saturated heterocycles. The molecule has 0 spiro atoms. The Bertz CT molecular complexity index is 819. The molecular weight excluding hydrogens is 435 g/mol. The number of halogens is 3. The summed E-state index contributed by atoms with van der Waals surface area (Å²) in [6, 6.07) is 2.29. The van der Waals surface area contributed by atoms with E-state index in [1.165, 1.54) is 18.3 Å². The molecule has 0 aliphatic rings. The molecule has 2 aromatic rings. The fourth-order valence-corrected chi connectivity index (χ4v) is 4.31. The van der Waals surface area contributed by atoms with Crippen LogP contribution >= 0.6 is 0 Å². The van der Waals surface area contributed by atoms with Crippen LogP contribution in [0.2, 0.25) is 19.6 Å². The SMILES string of the molecule is CC(C)(C)[S@@+]([O-])N[C@@H](c1ccc(OCC(F)(F)F)cn1)c1cn(C[Si](C)(C)C)nn1. The summed E-state index contributed by atoms with van der Waals surface area (Å²) < 4.78 is 58.7. The van der Waals surface area contributed by atoms with E-state index in [0.29, 0.717) is 11.4 Å². The molecule has 0 aromatic carbocycles. The van der Waals surface area contributed by atoms with Gasteiger partial charge in [-0.3, -0.25) is 9.67 Å².